The van der Waals surface area contributed by atoms with Crippen molar-refractivity contribution >= 4 is 21.6 Å². The van der Waals surface area contributed by atoms with Crippen LogP contribution in [0.25, 0.3) is 0 Å². The van der Waals surface area contributed by atoms with Crippen molar-refractivity contribution in [2.45, 2.75) is 81.5 Å². The molecule has 0 bridgehead atoms. The van der Waals surface area contributed by atoms with E-state index in [0.29, 0.717) is 0 Å². The number of unbranched alkanes of at least 4 members (excludes halogenated alkanes) is 1. The van der Waals surface area contributed by atoms with Crippen molar-refractivity contribution in [3.05, 3.63) is 12.7 Å². The fraction of sp³-hybridized carbons (Fsp3) is 0.765. The number of hydrogen-bond acceptors (Lipinski definition) is 1. The van der Waals surface area contributed by atoms with Crippen LogP contribution in [0.2, 0.25) is 35.4 Å². The van der Waals surface area contributed by atoms with Crippen molar-refractivity contribution in [2.24, 2.45) is 0 Å². The molecule has 0 aromatic rings. The van der Waals surface area contributed by atoms with E-state index in [0.717, 1.165) is 19.3 Å². The zero-order chi connectivity index (χ0) is 16.0. The van der Waals surface area contributed by atoms with Crippen molar-refractivity contribution in [2.75, 3.05) is 0 Å². The molecule has 0 aliphatic carbocycles. The van der Waals surface area contributed by atoms with Gasteiger partial charge in [0.1, 0.15) is 0 Å². The topological polar surface area (TPSA) is 9.23 Å². The van der Waals surface area contributed by atoms with E-state index in [1.807, 2.05) is 6.08 Å². The van der Waals surface area contributed by atoms with Crippen LogP contribution in [0.1, 0.15) is 40.0 Å². The zero-order valence-electron chi connectivity index (χ0n) is 14.9. The summed E-state index contributed by atoms with van der Waals surface area (Å²) in [6, 6.07) is 0. The molecule has 0 aliphatic heterocycles. The monoisotopic (exact) mass is 356 g/mol. The SMILES string of the molecule is C=CCCC[C@H](C#[C][Ge]([CH3])([CH3])[CH3])O[Si](C)(C)C(C)(C)C. The van der Waals surface area contributed by atoms with Crippen LogP contribution in [0, 0.1) is 10.7 Å². The van der Waals surface area contributed by atoms with E-state index in [9.17, 15) is 0 Å². The van der Waals surface area contributed by atoms with Gasteiger partial charge in [-0.1, -0.05) is 0 Å². The average Bonchev–Trinajstić information content (AvgIpc) is 2.23. The van der Waals surface area contributed by atoms with Gasteiger partial charge in [0, 0.05) is 0 Å². The first kappa shape index (κ1) is 20.0. The van der Waals surface area contributed by atoms with Crippen molar-refractivity contribution in [3.8, 4) is 10.7 Å². The van der Waals surface area contributed by atoms with Gasteiger partial charge in [0.2, 0.25) is 0 Å². The molecule has 1 atom stereocenters. The second kappa shape index (κ2) is 7.87. The Kier molecular flexibility index (Phi) is 7.87. The van der Waals surface area contributed by atoms with Crippen LogP contribution in [0.15, 0.2) is 12.7 Å². The molecule has 0 heterocycles. The summed E-state index contributed by atoms with van der Waals surface area (Å²) in [7, 11) is -1.73. The Morgan fingerprint density at radius 1 is 1.25 bits per heavy atom. The first-order valence-electron chi connectivity index (χ1n) is 7.70. The molecule has 0 amide bonds. The second-order valence-electron chi connectivity index (χ2n) is 8.11. The van der Waals surface area contributed by atoms with E-state index in [2.05, 4.69) is 68.4 Å². The van der Waals surface area contributed by atoms with Crippen LogP contribution in [0.5, 0.6) is 0 Å². The first-order valence-corrected chi connectivity index (χ1v) is 18.0. The average molecular weight is 355 g/mol. The summed E-state index contributed by atoms with van der Waals surface area (Å²) >= 11 is -1.81. The summed E-state index contributed by atoms with van der Waals surface area (Å²) in [6.45, 7) is 15.3. The minimum absolute atomic E-state index is 0.112. The van der Waals surface area contributed by atoms with Gasteiger partial charge in [-0.15, -0.1) is 0 Å². The molecule has 20 heavy (non-hydrogen) atoms. The van der Waals surface area contributed by atoms with Crippen molar-refractivity contribution in [3.63, 3.8) is 0 Å². The molecule has 0 saturated heterocycles. The Morgan fingerprint density at radius 2 is 1.80 bits per heavy atom. The molecule has 0 rings (SSSR count). The molecule has 1 nitrogen and oxygen atoms in total. The molecule has 0 saturated carbocycles. The molecular weight excluding hydrogens is 321 g/mol. The fourth-order valence-corrected chi connectivity index (χ4v) is 3.93. The standard InChI is InChI=1S/C17H34GeOSi/c1-10-11-12-13-16(14-15-18(5,6)7)19-20(8,9)17(2,3)4/h10,16H,1,11-13H2,2-9H3/t16-/m1/s1. The Morgan fingerprint density at radius 3 is 2.20 bits per heavy atom. The van der Waals surface area contributed by atoms with Gasteiger partial charge in [-0.05, 0) is 0 Å². The first-order chi connectivity index (χ1) is 8.89. The predicted molar refractivity (Wildman–Crippen MR) is 97.2 cm³/mol. The minimum atomic E-state index is -1.81. The van der Waals surface area contributed by atoms with E-state index < -0.39 is 21.6 Å². The Bertz CT molecular complexity index is 363. The maximum absolute atomic E-state index is 6.51. The summed E-state index contributed by atoms with van der Waals surface area (Å²) < 4.78 is 10.0. The van der Waals surface area contributed by atoms with Crippen LogP contribution in [0.3, 0.4) is 0 Å². The van der Waals surface area contributed by atoms with E-state index in [4.69, 9.17) is 4.43 Å². The van der Waals surface area contributed by atoms with Crippen LogP contribution >= 0.6 is 0 Å². The third-order valence-electron chi connectivity index (χ3n) is 3.73. The van der Waals surface area contributed by atoms with Gasteiger partial charge >= 0.3 is 131 Å². The van der Waals surface area contributed by atoms with Crippen LogP contribution in [-0.2, 0) is 4.43 Å². The Labute approximate surface area is 131 Å². The van der Waals surface area contributed by atoms with E-state index >= 15 is 0 Å². The second-order valence-corrected chi connectivity index (χ2v) is 22.8. The van der Waals surface area contributed by atoms with Crippen molar-refractivity contribution in [1.82, 2.24) is 0 Å². The van der Waals surface area contributed by atoms with E-state index in [1.165, 1.54) is 0 Å². The number of hydrogen-bond donors (Lipinski definition) is 0. The van der Waals surface area contributed by atoms with Gasteiger partial charge in [0.05, 0.1) is 0 Å². The van der Waals surface area contributed by atoms with Crippen LogP contribution < -0.4 is 0 Å². The Hall–Kier alpha value is 0.0197. The summed E-state index contributed by atoms with van der Waals surface area (Å²) in [5.74, 6) is 10.5. The van der Waals surface area contributed by atoms with Crippen molar-refractivity contribution in [1.29, 1.82) is 0 Å². The van der Waals surface area contributed by atoms with Gasteiger partial charge in [0.25, 0.3) is 0 Å². The van der Waals surface area contributed by atoms with Gasteiger partial charge in [-0.3, -0.25) is 0 Å². The Balaban J connectivity index is 4.93. The zero-order valence-corrected chi connectivity index (χ0v) is 18.0. The molecule has 0 N–H and O–H groups in total. The molecule has 116 valence electrons. The summed E-state index contributed by atoms with van der Waals surface area (Å²) in [5, 5.41) is 0.245. The molecule has 0 radical (unpaired) electrons. The number of rotatable bonds is 6. The molecule has 0 aromatic carbocycles. The summed E-state index contributed by atoms with van der Waals surface area (Å²) in [4.78, 5) is 0. The summed E-state index contributed by atoms with van der Waals surface area (Å²) in [5.41, 5.74) is 0. The van der Waals surface area contributed by atoms with E-state index in [1.54, 1.807) is 0 Å². The quantitative estimate of drug-likeness (QED) is 0.260. The van der Waals surface area contributed by atoms with Gasteiger partial charge in [-0.2, -0.15) is 0 Å². The van der Waals surface area contributed by atoms with Crippen molar-refractivity contribution < 1.29 is 4.43 Å². The summed E-state index contributed by atoms with van der Waals surface area (Å²) in [6.07, 6.45) is 5.30. The maximum atomic E-state index is 6.51. The molecule has 0 fully saturated rings. The predicted octanol–water partition coefficient (Wildman–Crippen LogP) is 5.61. The number of allylic oxidation sites excluding steroid dienone is 1. The molecule has 0 aliphatic rings. The third kappa shape index (κ3) is 8.34. The normalized spacial score (nSPS) is 14.4. The van der Waals surface area contributed by atoms with Gasteiger partial charge in [-0.25, -0.2) is 0 Å². The van der Waals surface area contributed by atoms with Crippen LogP contribution in [-0.4, -0.2) is 27.7 Å². The van der Waals surface area contributed by atoms with Crippen LogP contribution in [0.4, 0.5) is 0 Å². The van der Waals surface area contributed by atoms with Gasteiger partial charge in [0.15, 0.2) is 0 Å². The van der Waals surface area contributed by atoms with Gasteiger partial charge < -0.3 is 0 Å². The van der Waals surface area contributed by atoms with E-state index in [-0.39, 0.29) is 11.1 Å². The molecule has 3 heteroatoms. The molecule has 0 spiro atoms. The molecular formula is C17H34GeOSi. The molecule has 0 aromatic heterocycles. The third-order valence-corrected chi connectivity index (χ3v) is 10.1. The fourth-order valence-electron chi connectivity index (χ4n) is 1.44. The molecule has 0 unspecified atom stereocenters.